The van der Waals surface area contributed by atoms with Crippen LogP contribution in [0.3, 0.4) is 0 Å². The molecule has 0 aliphatic carbocycles. The van der Waals surface area contributed by atoms with E-state index >= 15 is 0 Å². The monoisotopic (exact) mass is 575 g/mol. The van der Waals surface area contributed by atoms with E-state index in [1.807, 2.05) is 31.2 Å². The molecule has 0 radical (unpaired) electrons. The number of sulfonamides is 2. The van der Waals surface area contributed by atoms with E-state index in [0.29, 0.717) is 34.8 Å². The predicted molar refractivity (Wildman–Crippen MR) is 150 cm³/mol. The van der Waals surface area contributed by atoms with Crippen molar-refractivity contribution in [3.05, 3.63) is 88.4 Å². The predicted octanol–water partition coefficient (Wildman–Crippen LogP) is 4.94. The first-order valence-electron chi connectivity index (χ1n) is 12.2. The second-order valence-electron chi connectivity index (χ2n) is 9.45. The highest BCUT2D eigenvalue weighted by atomic mass is 35.5. The van der Waals surface area contributed by atoms with Gasteiger partial charge in [0.15, 0.2) is 0 Å². The number of anilines is 2. The number of piperidine rings is 1. The Labute approximate surface area is 229 Å². The molecule has 1 aliphatic rings. The number of nitrogens with one attached hydrogen (secondary N) is 2. The molecule has 3 aromatic rings. The van der Waals surface area contributed by atoms with Crippen LogP contribution in [0, 0.1) is 19.8 Å². The zero-order valence-corrected chi connectivity index (χ0v) is 23.5. The maximum absolute atomic E-state index is 12.8. The molecule has 4 rings (SSSR count). The number of amides is 1. The molecule has 3 aromatic carbocycles. The summed E-state index contributed by atoms with van der Waals surface area (Å²) in [5.41, 5.74) is 3.28. The average Bonchev–Trinajstić information content (AvgIpc) is 2.88. The fourth-order valence-corrected chi connectivity index (χ4v) is 7.13. The van der Waals surface area contributed by atoms with Crippen LogP contribution in [0.1, 0.15) is 29.5 Å². The Hall–Kier alpha value is -2.92. The smallest absolute Gasteiger partial charge is 0.261 e. The van der Waals surface area contributed by atoms with E-state index in [-0.39, 0.29) is 35.6 Å². The van der Waals surface area contributed by atoms with Crippen LogP contribution in [-0.2, 0) is 30.6 Å². The summed E-state index contributed by atoms with van der Waals surface area (Å²) >= 11 is 6.08. The first-order valence-corrected chi connectivity index (χ1v) is 15.6. The summed E-state index contributed by atoms with van der Waals surface area (Å²) in [5, 5.41) is 3.27. The van der Waals surface area contributed by atoms with Crippen molar-refractivity contribution in [3.8, 4) is 0 Å². The van der Waals surface area contributed by atoms with Gasteiger partial charge in [-0.2, -0.15) is 0 Å². The van der Waals surface area contributed by atoms with Gasteiger partial charge in [-0.1, -0.05) is 47.5 Å². The molecule has 202 valence electrons. The number of hydrogen-bond donors (Lipinski definition) is 2. The number of aryl methyl sites for hydroxylation is 1. The maximum atomic E-state index is 12.8. The van der Waals surface area contributed by atoms with Gasteiger partial charge in [0.05, 0.1) is 16.3 Å². The molecule has 1 aliphatic heterocycles. The number of halogens is 1. The summed E-state index contributed by atoms with van der Waals surface area (Å²) in [6.45, 7) is 4.23. The van der Waals surface area contributed by atoms with Gasteiger partial charge in [-0.05, 0) is 74.2 Å². The number of carbonyl (C=O) groups is 1. The van der Waals surface area contributed by atoms with Crippen LogP contribution in [0.25, 0.3) is 0 Å². The van der Waals surface area contributed by atoms with Crippen molar-refractivity contribution in [3.63, 3.8) is 0 Å². The maximum Gasteiger partial charge on any atom is 0.261 e. The van der Waals surface area contributed by atoms with Crippen LogP contribution in [-0.4, -0.2) is 40.1 Å². The molecular weight excluding hydrogens is 546 g/mol. The number of carbonyl (C=O) groups excluding carboxylic acids is 1. The fraction of sp³-hybridized carbons (Fsp3) is 0.296. The van der Waals surface area contributed by atoms with Crippen LogP contribution in [0.5, 0.6) is 0 Å². The lowest BCUT2D eigenvalue weighted by atomic mass is 9.97. The van der Waals surface area contributed by atoms with Gasteiger partial charge < -0.3 is 5.32 Å². The molecule has 0 saturated carbocycles. The van der Waals surface area contributed by atoms with Gasteiger partial charge in [0, 0.05) is 29.7 Å². The van der Waals surface area contributed by atoms with Gasteiger partial charge in [0.2, 0.25) is 15.9 Å². The lowest BCUT2D eigenvalue weighted by molar-refractivity contribution is -0.120. The van der Waals surface area contributed by atoms with Crippen molar-refractivity contribution < 1.29 is 21.6 Å². The first-order chi connectivity index (χ1) is 17.9. The van der Waals surface area contributed by atoms with Crippen molar-refractivity contribution in [2.24, 2.45) is 5.92 Å². The summed E-state index contributed by atoms with van der Waals surface area (Å²) in [7, 11) is -7.32. The Kier molecular flexibility index (Phi) is 8.46. The second kappa shape index (κ2) is 11.4. The summed E-state index contributed by atoms with van der Waals surface area (Å²) in [6, 6.07) is 18.3. The number of benzene rings is 3. The van der Waals surface area contributed by atoms with Crippen LogP contribution >= 0.6 is 11.6 Å². The minimum Gasteiger partial charge on any atom is -0.326 e. The fourth-order valence-electron chi connectivity index (χ4n) is 4.27. The third kappa shape index (κ3) is 6.74. The second-order valence-corrected chi connectivity index (χ2v) is 13.5. The largest absolute Gasteiger partial charge is 0.326 e. The number of hydrogen-bond acceptors (Lipinski definition) is 5. The quantitative estimate of drug-likeness (QED) is 0.395. The Morgan fingerprint density at radius 1 is 0.921 bits per heavy atom. The van der Waals surface area contributed by atoms with Crippen LogP contribution in [0.2, 0.25) is 5.02 Å². The molecule has 8 nitrogen and oxygen atoms in total. The SMILES string of the molecule is Cc1ccc(CS(=O)(=O)N2CCC(C(=O)Nc3ccc(S(=O)(=O)Nc4cccc(Cl)c4C)cc3)CC2)cc1. The Bertz CT molecular complexity index is 1520. The highest BCUT2D eigenvalue weighted by molar-refractivity contribution is 7.92. The minimum atomic E-state index is -3.85. The Morgan fingerprint density at radius 2 is 1.55 bits per heavy atom. The topological polar surface area (TPSA) is 113 Å². The van der Waals surface area contributed by atoms with Gasteiger partial charge in [-0.3, -0.25) is 9.52 Å². The van der Waals surface area contributed by atoms with E-state index < -0.39 is 20.0 Å². The molecule has 1 amide bonds. The minimum absolute atomic E-state index is 0.0435. The third-order valence-electron chi connectivity index (χ3n) is 6.63. The van der Waals surface area contributed by atoms with Crippen molar-refractivity contribution >= 4 is 48.9 Å². The lowest BCUT2D eigenvalue weighted by Gasteiger charge is -2.30. The van der Waals surface area contributed by atoms with Gasteiger partial charge in [-0.25, -0.2) is 21.1 Å². The normalized spacial score (nSPS) is 15.2. The average molecular weight is 576 g/mol. The van der Waals surface area contributed by atoms with Crippen LogP contribution < -0.4 is 10.0 Å². The van der Waals surface area contributed by atoms with E-state index in [1.165, 1.54) is 28.6 Å². The molecule has 0 unspecified atom stereocenters. The number of nitrogens with zero attached hydrogens (tertiary/aromatic N) is 1. The van der Waals surface area contributed by atoms with Crippen molar-refractivity contribution in [2.75, 3.05) is 23.1 Å². The molecule has 0 atom stereocenters. The van der Waals surface area contributed by atoms with Gasteiger partial charge in [-0.15, -0.1) is 0 Å². The molecule has 11 heteroatoms. The third-order valence-corrected chi connectivity index (χ3v) is 10.3. The first kappa shape index (κ1) is 28.1. The Morgan fingerprint density at radius 3 is 2.18 bits per heavy atom. The zero-order chi connectivity index (χ0) is 27.5. The Balaban J connectivity index is 1.32. The van der Waals surface area contributed by atoms with Crippen molar-refractivity contribution in [1.82, 2.24) is 4.31 Å². The lowest BCUT2D eigenvalue weighted by Crippen LogP contribution is -2.41. The molecule has 1 fully saturated rings. The molecule has 0 aromatic heterocycles. The van der Waals surface area contributed by atoms with Crippen LogP contribution in [0.15, 0.2) is 71.6 Å². The van der Waals surface area contributed by atoms with E-state index in [2.05, 4.69) is 10.0 Å². The number of rotatable bonds is 8. The van der Waals surface area contributed by atoms with Gasteiger partial charge >= 0.3 is 0 Å². The van der Waals surface area contributed by atoms with E-state index in [4.69, 9.17) is 11.6 Å². The molecule has 38 heavy (non-hydrogen) atoms. The highest BCUT2D eigenvalue weighted by Crippen LogP contribution is 2.27. The van der Waals surface area contributed by atoms with E-state index in [0.717, 1.165) is 11.1 Å². The van der Waals surface area contributed by atoms with Crippen molar-refractivity contribution in [1.29, 1.82) is 0 Å². The molecular formula is C27H30ClN3O5S2. The van der Waals surface area contributed by atoms with E-state index in [1.54, 1.807) is 25.1 Å². The molecule has 0 spiro atoms. The standard InChI is InChI=1S/C27H30ClN3O5S2/c1-19-6-8-21(9-7-19)18-37(33,34)31-16-14-22(15-17-31)27(32)29-23-10-12-24(13-11-23)38(35,36)30-26-5-3-4-25(28)20(26)2/h3-13,22,30H,14-18H2,1-2H3,(H,29,32). The van der Waals surface area contributed by atoms with Crippen LogP contribution in [0.4, 0.5) is 11.4 Å². The summed E-state index contributed by atoms with van der Waals surface area (Å²) in [5.74, 6) is -0.619. The molecule has 2 N–H and O–H groups in total. The zero-order valence-electron chi connectivity index (χ0n) is 21.1. The highest BCUT2D eigenvalue weighted by Gasteiger charge is 2.31. The summed E-state index contributed by atoms with van der Waals surface area (Å²) in [4.78, 5) is 12.9. The molecule has 1 saturated heterocycles. The summed E-state index contributed by atoms with van der Waals surface area (Å²) in [6.07, 6.45) is 0.822. The van der Waals surface area contributed by atoms with E-state index in [9.17, 15) is 21.6 Å². The van der Waals surface area contributed by atoms with Gasteiger partial charge in [0.1, 0.15) is 0 Å². The molecule has 1 heterocycles. The van der Waals surface area contributed by atoms with Gasteiger partial charge in [0.25, 0.3) is 10.0 Å². The molecule has 0 bridgehead atoms. The van der Waals surface area contributed by atoms with Crippen molar-refractivity contribution in [2.45, 2.75) is 37.3 Å². The summed E-state index contributed by atoms with van der Waals surface area (Å²) < 4.78 is 55.2.